The highest BCUT2D eigenvalue weighted by molar-refractivity contribution is 7.92. The summed E-state index contributed by atoms with van der Waals surface area (Å²) >= 11 is 0. The van der Waals surface area contributed by atoms with Crippen LogP contribution in [0, 0.1) is 5.92 Å². The Morgan fingerprint density at radius 3 is 2.33 bits per heavy atom. The lowest BCUT2D eigenvalue weighted by Gasteiger charge is -2.31. The molecule has 136 valence electrons. The number of sulfone groups is 1. The third kappa shape index (κ3) is 4.20. The first-order chi connectivity index (χ1) is 10.9. The van der Waals surface area contributed by atoms with Crippen LogP contribution < -0.4 is 5.32 Å². The lowest BCUT2D eigenvalue weighted by molar-refractivity contribution is -0.182. The zero-order valence-corrected chi connectivity index (χ0v) is 14.8. The number of hydrogen-bond donors (Lipinski definition) is 1. The van der Waals surface area contributed by atoms with E-state index in [4.69, 9.17) is 0 Å². The molecule has 4 nitrogen and oxygen atoms in total. The Kier molecular flexibility index (Phi) is 5.18. The number of hydrogen-bond acceptors (Lipinski definition) is 4. The predicted octanol–water partition coefficient (Wildman–Crippen LogP) is 4.19. The molecule has 1 N–H and O–H groups in total. The smallest absolute Gasteiger partial charge is 0.381 e. The fourth-order valence-electron chi connectivity index (χ4n) is 2.79. The molecule has 1 fully saturated rings. The molecule has 0 aromatic carbocycles. The third-order valence-corrected chi connectivity index (χ3v) is 6.73. The van der Waals surface area contributed by atoms with Gasteiger partial charge in [-0.2, -0.15) is 13.2 Å². The Hall–Kier alpha value is -1.31. The van der Waals surface area contributed by atoms with E-state index in [0.717, 1.165) is 0 Å². The van der Waals surface area contributed by atoms with Gasteiger partial charge in [-0.15, -0.1) is 0 Å². The van der Waals surface area contributed by atoms with Crippen molar-refractivity contribution < 1.29 is 21.6 Å². The summed E-state index contributed by atoms with van der Waals surface area (Å²) in [6.45, 7) is 4.78. The molecule has 1 aromatic heterocycles. The molecule has 2 atom stereocenters. The number of rotatable bonds is 3. The van der Waals surface area contributed by atoms with E-state index in [2.05, 4.69) is 10.3 Å². The molecule has 1 aliphatic rings. The minimum Gasteiger partial charge on any atom is -0.381 e. The largest absolute Gasteiger partial charge is 0.391 e. The molecule has 0 saturated heterocycles. The van der Waals surface area contributed by atoms with E-state index < -0.39 is 26.7 Å². The van der Waals surface area contributed by atoms with Gasteiger partial charge in [0.25, 0.3) is 0 Å². The zero-order chi connectivity index (χ0) is 18.2. The van der Waals surface area contributed by atoms with E-state index in [0.29, 0.717) is 18.5 Å². The third-order valence-electron chi connectivity index (χ3n) is 4.33. The molecule has 2 rings (SSSR count). The molecule has 0 spiro atoms. The second-order valence-electron chi connectivity index (χ2n) is 7.25. The van der Waals surface area contributed by atoms with Crippen molar-refractivity contribution in [2.75, 3.05) is 5.32 Å². The Labute approximate surface area is 140 Å². The molecule has 0 bridgehead atoms. The quantitative estimate of drug-likeness (QED) is 0.874. The van der Waals surface area contributed by atoms with E-state index in [1.165, 1.54) is 12.3 Å². The predicted molar refractivity (Wildman–Crippen MR) is 86.6 cm³/mol. The fourth-order valence-corrected chi connectivity index (χ4v) is 3.86. The summed E-state index contributed by atoms with van der Waals surface area (Å²) in [4.78, 5) is 3.98. The van der Waals surface area contributed by atoms with E-state index in [9.17, 15) is 21.6 Å². The van der Waals surface area contributed by atoms with Crippen LogP contribution in [0.5, 0.6) is 0 Å². The van der Waals surface area contributed by atoms with Gasteiger partial charge in [-0.25, -0.2) is 13.4 Å². The van der Waals surface area contributed by atoms with Crippen LogP contribution in [0.4, 0.5) is 18.9 Å². The van der Waals surface area contributed by atoms with E-state index in [-0.39, 0.29) is 23.9 Å². The Balaban J connectivity index is 2.07. The molecule has 1 aromatic rings. The molecule has 2 unspecified atom stereocenters. The number of nitrogens with one attached hydrogen (secondary N) is 1. The van der Waals surface area contributed by atoms with Crippen molar-refractivity contribution in [3.63, 3.8) is 0 Å². The van der Waals surface area contributed by atoms with Crippen molar-refractivity contribution in [2.24, 2.45) is 5.92 Å². The highest BCUT2D eigenvalue weighted by Gasteiger charge is 2.42. The van der Waals surface area contributed by atoms with Gasteiger partial charge in [0.15, 0.2) is 14.9 Å². The highest BCUT2D eigenvalue weighted by Crippen LogP contribution is 2.38. The Morgan fingerprint density at radius 2 is 1.83 bits per heavy atom. The normalized spacial score (nSPS) is 23.1. The van der Waals surface area contributed by atoms with Crippen molar-refractivity contribution in [3.8, 4) is 0 Å². The first-order valence-electron chi connectivity index (χ1n) is 7.95. The molecule has 0 aliphatic heterocycles. The van der Waals surface area contributed by atoms with E-state index >= 15 is 0 Å². The summed E-state index contributed by atoms with van der Waals surface area (Å²) < 4.78 is 62.2. The Morgan fingerprint density at radius 1 is 1.17 bits per heavy atom. The van der Waals surface area contributed by atoms with Gasteiger partial charge in [0.2, 0.25) is 0 Å². The molecule has 1 aliphatic carbocycles. The number of nitrogens with zero attached hydrogens (tertiary/aromatic N) is 1. The number of anilines is 1. The van der Waals surface area contributed by atoms with Crippen molar-refractivity contribution in [1.82, 2.24) is 4.98 Å². The number of pyridine rings is 1. The summed E-state index contributed by atoms with van der Waals surface area (Å²) in [5, 5.41) is 3.01. The monoisotopic (exact) mass is 364 g/mol. The van der Waals surface area contributed by atoms with Crippen LogP contribution in [0.25, 0.3) is 0 Å². The molecule has 24 heavy (non-hydrogen) atoms. The van der Waals surface area contributed by atoms with Crippen LogP contribution in [0.15, 0.2) is 23.4 Å². The van der Waals surface area contributed by atoms with Gasteiger partial charge in [0, 0.05) is 6.04 Å². The van der Waals surface area contributed by atoms with Gasteiger partial charge in [0.1, 0.15) is 0 Å². The number of aromatic nitrogens is 1. The van der Waals surface area contributed by atoms with Gasteiger partial charge in [-0.05, 0) is 52.2 Å². The first kappa shape index (κ1) is 19.0. The molecular weight excluding hydrogens is 341 g/mol. The maximum absolute atomic E-state index is 12.8. The number of alkyl halides is 3. The van der Waals surface area contributed by atoms with Crippen molar-refractivity contribution >= 4 is 15.5 Å². The first-order valence-corrected chi connectivity index (χ1v) is 9.43. The summed E-state index contributed by atoms with van der Waals surface area (Å²) in [7, 11) is -3.54. The Bertz CT molecular complexity index is 664. The van der Waals surface area contributed by atoms with Crippen molar-refractivity contribution in [2.45, 2.75) is 68.4 Å². The zero-order valence-electron chi connectivity index (χ0n) is 14.0. The van der Waals surface area contributed by atoms with Gasteiger partial charge in [0.05, 0.1) is 22.5 Å². The van der Waals surface area contributed by atoms with Crippen LogP contribution in [0.3, 0.4) is 0 Å². The second-order valence-corrected chi connectivity index (χ2v) is 9.90. The van der Waals surface area contributed by atoms with Crippen LogP contribution >= 0.6 is 0 Å². The van der Waals surface area contributed by atoms with Gasteiger partial charge in [-0.3, -0.25) is 0 Å². The van der Waals surface area contributed by atoms with Crippen molar-refractivity contribution in [3.05, 3.63) is 18.3 Å². The second kappa shape index (κ2) is 6.54. The van der Waals surface area contributed by atoms with Crippen LogP contribution in [0.2, 0.25) is 0 Å². The van der Waals surface area contributed by atoms with E-state index in [1.807, 2.05) is 0 Å². The minimum absolute atomic E-state index is 0.0302. The molecule has 8 heteroatoms. The average molecular weight is 364 g/mol. The van der Waals surface area contributed by atoms with Gasteiger partial charge >= 0.3 is 6.18 Å². The fraction of sp³-hybridized carbons (Fsp3) is 0.688. The topological polar surface area (TPSA) is 59.1 Å². The summed E-state index contributed by atoms with van der Waals surface area (Å²) in [6.07, 6.45) is -1.41. The lowest BCUT2D eigenvalue weighted by Crippen LogP contribution is -2.34. The SMILES string of the molecule is CC(C)(C)S(=O)(=O)c1ccc(NC2CCCC(C(F)(F)F)C2)cn1. The molecule has 0 amide bonds. The molecular formula is C16H23F3N2O2S. The number of halogens is 3. The highest BCUT2D eigenvalue weighted by atomic mass is 32.2. The summed E-state index contributed by atoms with van der Waals surface area (Å²) in [5.74, 6) is -1.28. The molecule has 0 radical (unpaired) electrons. The summed E-state index contributed by atoms with van der Waals surface area (Å²) in [6, 6.07) is 2.67. The van der Waals surface area contributed by atoms with Crippen LogP contribution in [0.1, 0.15) is 46.5 Å². The van der Waals surface area contributed by atoms with Gasteiger partial charge < -0.3 is 5.32 Å². The standard InChI is InChI=1S/C16H23F3N2O2S/c1-15(2,3)24(22,23)14-8-7-13(10-20-14)21-12-6-4-5-11(9-12)16(17,18)19/h7-8,10-12,21H,4-6,9H2,1-3H3. The lowest BCUT2D eigenvalue weighted by atomic mass is 9.85. The maximum Gasteiger partial charge on any atom is 0.391 e. The molecule has 1 saturated carbocycles. The van der Waals surface area contributed by atoms with Crippen LogP contribution in [-0.2, 0) is 9.84 Å². The van der Waals surface area contributed by atoms with Crippen molar-refractivity contribution in [1.29, 1.82) is 0 Å². The van der Waals surface area contributed by atoms with E-state index in [1.54, 1.807) is 26.8 Å². The van der Waals surface area contributed by atoms with Crippen LogP contribution in [-0.4, -0.2) is 30.4 Å². The minimum atomic E-state index is -4.16. The average Bonchev–Trinajstić information content (AvgIpc) is 2.46. The summed E-state index contributed by atoms with van der Waals surface area (Å²) in [5.41, 5.74) is 0.538. The molecule has 1 heterocycles. The van der Waals surface area contributed by atoms with Gasteiger partial charge in [-0.1, -0.05) is 6.42 Å². The maximum atomic E-state index is 12.8.